The summed E-state index contributed by atoms with van der Waals surface area (Å²) < 4.78 is 20.7. The van der Waals surface area contributed by atoms with E-state index in [9.17, 15) is 0 Å². The molecule has 0 bridgehead atoms. The van der Waals surface area contributed by atoms with Crippen LogP contribution >= 0.6 is 8.16 Å². The highest BCUT2D eigenvalue weighted by atomic mass is 31.1. The third kappa shape index (κ3) is 3.62. The molecule has 0 spiro atoms. The van der Waals surface area contributed by atoms with Crippen molar-refractivity contribution in [2.75, 3.05) is 18.8 Å². The van der Waals surface area contributed by atoms with Crippen molar-refractivity contribution < 1.29 is 13.1 Å². The zero-order chi connectivity index (χ0) is 23.1. The maximum Gasteiger partial charge on any atom is 0.309 e. The van der Waals surface area contributed by atoms with Crippen LogP contribution in [0.15, 0.2) is 105 Å². The number of benzene rings is 5. The Balaban J connectivity index is 1.64. The SMILES string of the molecule is COc1ccc(CN(C)p2oc3ccc4ccccc4c3c3c(ccc4ccccc43)o2)cc1. The Hall–Kier alpha value is -3.72. The first-order chi connectivity index (χ1) is 16.7. The van der Waals surface area contributed by atoms with Crippen molar-refractivity contribution in [3.8, 4) is 5.75 Å². The van der Waals surface area contributed by atoms with Gasteiger partial charge in [-0.3, -0.25) is 0 Å². The van der Waals surface area contributed by atoms with Crippen molar-refractivity contribution in [1.29, 1.82) is 0 Å². The molecule has 4 nitrogen and oxygen atoms in total. The van der Waals surface area contributed by atoms with E-state index in [1.807, 2.05) is 19.2 Å². The van der Waals surface area contributed by atoms with Gasteiger partial charge in [-0.1, -0.05) is 72.8 Å². The Morgan fingerprint density at radius 2 is 1.21 bits per heavy atom. The molecule has 0 amide bonds. The lowest BCUT2D eigenvalue weighted by Crippen LogP contribution is -2.12. The van der Waals surface area contributed by atoms with E-state index < -0.39 is 8.16 Å². The van der Waals surface area contributed by atoms with Crippen molar-refractivity contribution in [3.63, 3.8) is 0 Å². The zero-order valence-corrected chi connectivity index (χ0v) is 20.0. The molecule has 0 aliphatic heterocycles. The van der Waals surface area contributed by atoms with E-state index in [1.165, 1.54) is 16.3 Å². The van der Waals surface area contributed by atoms with Crippen molar-refractivity contribution in [2.24, 2.45) is 0 Å². The molecule has 0 aliphatic carbocycles. The first kappa shape index (κ1) is 20.9. The average Bonchev–Trinajstić information content (AvgIpc) is 3.06. The molecule has 0 fully saturated rings. The number of nitrogens with zero attached hydrogens (tertiary/aromatic N) is 1. The molecule has 0 atom stereocenters. The molecule has 1 aromatic heterocycles. The summed E-state index contributed by atoms with van der Waals surface area (Å²) in [6, 6.07) is 33.4. The van der Waals surface area contributed by atoms with Crippen LogP contribution in [0, 0.1) is 0 Å². The lowest BCUT2D eigenvalue weighted by atomic mass is 9.99. The quantitative estimate of drug-likeness (QED) is 0.262. The van der Waals surface area contributed by atoms with E-state index in [1.54, 1.807) is 7.11 Å². The molecule has 168 valence electrons. The van der Waals surface area contributed by atoms with Crippen LogP contribution in [0.1, 0.15) is 5.56 Å². The summed E-state index contributed by atoms with van der Waals surface area (Å²) in [5.74, 6) is 0.848. The van der Waals surface area contributed by atoms with Crippen molar-refractivity contribution >= 4 is 51.6 Å². The van der Waals surface area contributed by atoms with Gasteiger partial charge in [0.1, 0.15) is 16.9 Å². The fourth-order valence-corrected chi connectivity index (χ4v) is 5.79. The molecule has 0 N–H and O–H groups in total. The van der Waals surface area contributed by atoms with E-state index in [0.717, 1.165) is 38.5 Å². The number of hydrogen-bond acceptors (Lipinski definition) is 4. The minimum absolute atomic E-state index is 0.696. The lowest BCUT2D eigenvalue weighted by Gasteiger charge is -2.13. The molecular weight excluding hydrogens is 441 g/mol. The Morgan fingerprint density at radius 1 is 0.676 bits per heavy atom. The fraction of sp³-hybridized carbons (Fsp3) is 0.103. The summed E-state index contributed by atoms with van der Waals surface area (Å²) in [5.41, 5.74) is 2.86. The van der Waals surface area contributed by atoms with Crippen molar-refractivity contribution in [2.45, 2.75) is 6.54 Å². The molecule has 0 radical (unpaired) electrons. The molecule has 5 heteroatoms. The number of rotatable bonds is 4. The summed E-state index contributed by atoms with van der Waals surface area (Å²) in [5, 5.41) is 6.87. The maximum absolute atomic E-state index is 6.62. The Labute approximate surface area is 198 Å². The number of hydrogen-bond donors (Lipinski definition) is 0. The van der Waals surface area contributed by atoms with Crippen LogP contribution in [-0.4, -0.2) is 14.2 Å². The Kier molecular flexibility index (Phi) is 5.26. The molecule has 0 unspecified atom stereocenters. The highest BCUT2D eigenvalue weighted by molar-refractivity contribution is 7.38. The predicted octanol–water partition coefficient (Wildman–Crippen LogP) is 8.37. The van der Waals surface area contributed by atoms with Gasteiger partial charge >= 0.3 is 8.16 Å². The van der Waals surface area contributed by atoms with Gasteiger partial charge in [0.05, 0.1) is 7.11 Å². The molecule has 34 heavy (non-hydrogen) atoms. The van der Waals surface area contributed by atoms with Crippen LogP contribution in [0.4, 0.5) is 0 Å². The van der Waals surface area contributed by atoms with Gasteiger partial charge in [-0.25, -0.2) is 4.67 Å². The third-order valence-corrected chi connectivity index (χ3v) is 7.64. The fourth-order valence-electron chi connectivity index (χ4n) is 4.55. The van der Waals surface area contributed by atoms with Gasteiger partial charge in [0.15, 0.2) is 0 Å². The number of ether oxygens (including phenoxy) is 1. The predicted molar refractivity (Wildman–Crippen MR) is 142 cm³/mol. The van der Waals surface area contributed by atoms with E-state index in [4.69, 9.17) is 13.1 Å². The second kappa shape index (κ2) is 8.57. The van der Waals surface area contributed by atoms with Gasteiger partial charge in [-0.2, -0.15) is 0 Å². The highest BCUT2D eigenvalue weighted by Crippen LogP contribution is 2.41. The van der Waals surface area contributed by atoms with Gasteiger partial charge in [-0.15, -0.1) is 0 Å². The second-order valence-electron chi connectivity index (χ2n) is 8.40. The van der Waals surface area contributed by atoms with Crippen LogP contribution < -0.4 is 9.41 Å². The van der Waals surface area contributed by atoms with Crippen LogP contribution in [0.3, 0.4) is 0 Å². The molecule has 6 aromatic rings. The molecule has 0 saturated heterocycles. The van der Waals surface area contributed by atoms with Gasteiger partial charge < -0.3 is 13.1 Å². The summed E-state index contributed by atoms with van der Waals surface area (Å²) >= 11 is 0. The molecule has 6 rings (SSSR count). The Morgan fingerprint density at radius 3 is 1.74 bits per heavy atom. The number of methoxy groups -OCH3 is 1. The highest BCUT2D eigenvalue weighted by Gasteiger charge is 2.15. The largest absolute Gasteiger partial charge is 0.497 e. The standard InChI is InChI=1S/C29H24NO3P/c1-30(19-20-11-15-23(31-2)16-12-20)34-32-26-17-13-21-7-3-5-9-24(21)28(26)29-25-10-6-4-8-22(25)14-18-27(29)33-34/h3-18H,19H2,1-2H3. The minimum atomic E-state index is -1.38. The average molecular weight is 465 g/mol. The third-order valence-electron chi connectivity index (χ3n) is 6.23. The Bertz CT molecular complexity index is 1590. The van der Waals surface area contributed by atoms with E-state index in [0.29, 0.717) is 6.54 Å². The van der Waals surface area contributed by atoms with Crippen LogP contribution in [0.2, 0.25) is 0 Å². The first-order valence-corrected chi connectivity index (χ1v) is 12.4. The van der Waals surface area contributed by atoms with E-state index >= 15 is 0 Å². The van der Waals surface area contributed by atoms with Crippen molar-refractivity contribution in [3.05, 3.63) is 103 Å². The number of fused-ring (bicyclic) bond motifs is 7. The van der Waals surface area contributed by atoms with Gasteiger partial charge in [-0.05, 0) is 51.4 Å². The lowest BCUT2D eigenvalue weighted by molar-refractivity contribution is 0.414. The normalized spacial score (nSPS) is 11.6. The monoisotopic (exact) mass is 465 g/mol. The zero-order valence-electron chi connectivity index (χ0n) is 19.1. The topological polar surface area (TPSA) is 38.8 Å². The molecule has 0 saturated carbocycles. The van der Waals surface area contributed by atoms with Crippen LogP contribution in [-0.2, 0) is 6.54 Å². The second-order valence-corrected chi connectivity index (χ2v) is 9.93. The van der Waals surface area contributed by atoms with E-state index in [2.05, 4.69) is 89.6 Å². The molecule has 5 aromatic carbocycles. The van der Waals surface area contributed by atoms with Gasteiger partial charge in [0, 0.05) is 24.4 Å². The van der Waals surface area contributed by atoms with Crippen molar-refractivity contribution in [1.82, 2.24) is 0 Å². The minimum Gasteiger partial charge on any atom is -0.497 e. The van der Waals surface area contributed by atoms with Crippen LogP contribution in [0.5, 0.6) is 5.75 Å². The first-order valence-electron chi connectivity index (χ1n) is 11.3. The van der Waals surface area contributed by atoms with Crippen LogP contribution in [0.25, 0.3) is 43.5 Å². The van der Waals surface area contributed by atoms with Gasteiger partial charge in [0.25, 0.3) is 0 Å². The molecular formula is C29H24NO3P. The summed E-state index contributed by atoms with van der Waals surface area (Å²) in [6.07, 6.45) is 0. The summed E-state index contributed by atoms with van der Waals surface area (Å²) in [7, 11) is 2.35. The summed E-state index contributed by atoms with van der Waals surface area (Å²) in [4.78, 5) is 0. The smallest absolute Gasteiger partial charge is 0.309 e. The van der Waals surface area contributed by atoms with Gasteiger partial charge in [0.2, 0.25) is 0 Å². The molecule has 0 aliphatic rings. The van der Waals surface area contributed by atoms with E-state index in [-0.39, 0.29) is 0 Å². The maximum atomic E-state index is 6.62. The molecule has 1 heterocycles. The summed E-state index contributed by atoms with van der Waals surface area (Å²) in [6.45, 7) is 0.696.